The standard InChI is InChI=1S/C27H25Cl2N3O8S/c1-5-39-27(34)24-15(2)30-32-11-10-20(40-19-8-6-16(12-21(19)37-3)13-23(33)38-4)25(26(24)32)31-41(35,36)22-9-7-17(28)14-18(22)29/h6-12,14,31H,5,13H2,1-4H3. The van der Waals surface area contributed by atoms with Gasteiger partial charge in [0, 0.05) is 17.3 Å². The number of benzene rings is 2. The number of ether oxygens (including phenoxy) is 4. The lowest BCUT2D eigenvalue weighted by atomic mass is 10.1. The number of anilines is 1. The Bertz CT molecular complexity index is 1760. The molecule has 0 aliphatic rings. The van der Waals surface area contributed by atoms with Gasteiger partial charge in [0.1, 0.15) is 21.7 Å². The number of aryl methyl sites for hydroxylation is 1. The zero-order chi connectivity index (χ0) is 29.9. The highest BCUT2D eigenvalue weighted by Crippen LogP contribution is 2.41. The van der Waals surface area contributed by atoms with Crippen molar-refractivity contribution in [1.82, 2.24) is 9.61 Å². The number of carbonyl (C=O) groups is 2. The first-order valence-corrected chi connectivity index (χ1v) is 14.3. The minimum Gasteiger partial charge on any atom is -0.493 e. The van der Waals surface area contributed by atoms with Gasteiger partial charge in [-0.1, -0.05) is 29.3 Å². The Morgan fingerprint density at radius 2 is 1.78 bits per heavy atom. The number of aromatic nitrogens is 2. The molecule has 0 spiro atoms. The molecule has 14 heteroatoms. The fourth-order valence-corrected chi connectivity index (χ4v) is 5.86. The summed E-state index contributed by atoms with van der Waals surface area (Å²) < 4.78 is 52.6. The molecule has 4 rings (SSSR count). The van der Waals surface area contributed by atoms with Gasteiger partial charge >= 0.3 is 11.9 Å². The molecule has 2 heterocycles. The van der Waals surface area contributed by atoms with Crippen LogP contribution in [-0.2, 0) is 30.7 Å². The molecule has 0 aliphatic carbocycles. The Balaban J connectivity index is 1.90. The van der Waals surface area contributed by atoms with E-state index in [9.17, 15) is 18.0 Å². The van der Waals surface area contributed by atoms with Gasteiger partial charge in [-0.2, -0.15) is 5.10 Å². The fourth-order valence-electron chi connectivity index (χ4n) is 4.01. The fraction of sp³-hybridized carbons (Fsp3) is 0.222. The van der Waals surface area contributed by atoms with Crippen LogP contribution in [0.3, 0.4) is 0 Å². The number of pyridine rings is 1. The molecule has 0 amide bonds. The minimum atomic E-state index is -4.35. The molecular formula is C27H25Cl2N3O8S. The predicted octanol–water partition coefficient (Wildman–Crippen LogP) is 5.44. The van der Waals surface area contributed by atoms with Crippen LogP contribution in [0.25, 0.3) is 5.52 Å². The summed E-state index contributed by atoms with van der Waals surface area (Å²) in [7, 11) is -1.65. The van der Waals surface area contributed by atoms with Crippen LogP contribution in [0.2, 0.25) is 10.0 Å². The van der Waals surface area contributed by atoms with Gasteiger partial charge in [0.2, 0.25) is 0 Å². The zero-order valence-corrected chi connectivity index (χ0v) is 24.7. The first kappa shape index (κ1) is 30.0. The number of carbonyl (C=O) groups excluding carboxylic acids is 2. The van der Waals surface area contributed by atoms with Crippen LogP contribution in [0.4, 0.5) is 5.69 Å². The van der Waals surface area contributed by atoms with E-state index in [4.69, 9.17) is 42.1 Å². The molecule has 0 bridgehead atoms. The molecule has 0 unspecified atom stereocenters. The number of esters is 2. The molecule has 0 aliphatic heterocycles. The van der Waals surface area contributed by atoms with Gasteiger partial charge in [-0.15, -0.1) is 0 Å². The number of hydrogen-bond acceptors (Lipinski definition) is 9. The maximum atomic E-state index is 13.6. The van der Waals surface area contributed by atoms with Gasteiger partial charge in [-0.3, -0.25) is 9.52 Å². The van der Waals surface area contributed by atoms with Crippen molar-refractivity contribution in [2.45, 2.75) is 25.2 Å². The smallest absolute Gasteiger partial charge is 0.342 e. The SMILES string of the molecule is CCOC(=O)c1c(C)nn2ccc(Oc3ccc(CC(=O)OC)cc3OC)c(NS(=O)(=O)c3ccc(Cl)cc3Cl)c12. The van der Waals surface area contributed by atoms with Gasteiger partial charge in [0.15, 0.2) is 17.2 Å². The van der Waals surface area contributed by atoms with Crippen LogP contribution < -0.4 is 14.2 Å². The Morgan fingerprint density at radius 3 is 2.44 bits per heavy atom. The van der Waals surface area contributed by atoms with Gasteiger partial charge in [-0.25, -0.2) is 17.7 Å². The van der Waals surface area contributed by atoms with E-state index in [0.717, 1.165) is 0 Å². The summed E-state index contributed by atoms with van der Waals surface area (Å²) >= 11 is 12.2. The average Bonchev–Trinajstić information content (AvgIpc) is 3.26. The maximum absolute atomic E-state index is 13.6. The summed E-state index contributed by atoms with van der Waals surface area (Å²) in [5.74, 6) is -0.672. The Morgan fingerprint density at radius 1 is 1.02 bits per heavy atom. The summed E-state index contributed by atoms with van der Waals surface area (Å²) in [6, 6.07) is 10.2. The highest BCUT2D eigenvalue weighted by molar-refractivity contribution is 7.92. The van der Waals surface area contributed by atoms with E-state index < -0.39 is 22.0 Å². The van der Waals surface area contributed by atoms with Crippen LogP contribution in [0.1, 0.15) is 28.5 Å². The molecule has 0 fully saturated rings. The molecule has 216 valence electrons. The highest BCUT2D eigenvalue weighted by atomic mass is 35.5. The first-order chi connectivity index (χ1) is 19.5. The topological polar surface area (TPSA) is 135 Å². The number of methoxy groups -OCH3 is 2. The van der Waals surface area contributed by atoms with Gasteiger partial charge in [0.25, 0.3) is 10.0 Å². The number of fused-ring (bicyclic) bond motifs is 1. The number of nitrogens with zero attached hydrogens (tertiary/aromatic N) is 2. The number of halogens is 2. The second-order valence-corrected chi connectivity index (χ2v) is 11.0. The molecule has 2 aromatic heterocycles. The third-order valence-electron chi connectivity index (χ3n) is 5.86. The summed E-state index contributed by atoms with van der Waals surface area (Å²) in [5, 5.41) is 4.49. The number of sulfonamides is 1. The Labute approximate surface area is 245 Å². The van der Waals surface area contributed by atoms with Crippen LogP contribution in [-0.4, -0.2) is 50.8 Å². The summed E-state index contributed by atoms with van der Waals surface area (Å²) in [4.78, 5) is 24.4. The van der Waals surface area contributed by atoms with Crippen LogP contribution in [0.5, 0.6) is 17.2 Å². The third kappa shape index (κ3) is 6.34. The monoisotopic (exact) mass is 621 g/mol. The molecule has 41 heavy (non-hydrogen) atoms. The van der Waals surface area contributed by atoms with Gasteiger partial charge in [-0.05, 0) is 49.7 Å². The van der Waals surface area contributed by atoms with Crippen molar-refractivity contribution in [2.24, 2.45) is 0 Å². The molecule has 0 saturated carbocycles. The van der Waals surface area contributed by atoms with Crippen molar-refractivity contribution >= 4 is 56.4 Å². The molecule has 2 aromatic carbocycles. The van der Waals surface area contributed by atoms with E-state index in [1.54, 1.807) is 32.0 Å². The normalized spacial score (nSPS) is 11.3. The Hall–Kier alpha value is -4.00. The van der Waals surface area contributed by atoms with Crippen molar-refractivity contribution in [3.05, 3.63) is 75.5 Å². The van der Waals surface area contributed by atoms with E-state index in [1.807, 2.05) is 0 Å². The van der Waals surface area contributed by atoms with Gasteiger partial charge in [0.05, 0.1) is 38.0 Å². The highest BCUT2D eigenvalue weighted by Gasteiger charge is 2.28. The lowest BCUT2D eigenvalue weighted by Crippen LogP contribution is -2.16. The molecule has 11 nitrogen and oxygen atoms in total. The average molecular weight is 622 g/mol. The van der Waals surface area contributed by atoms with E-state index in [-0.39, 0.29) is 62.0 Å². The summed E-state index contributed by atoms with van der Waals surface area (Å²) in [6.45, 7) is 3.33. The van der Waals surface area contributed by atoms with Crippen LogP contribution >= 0.6 is 23.2 Å². The van der Waals surface area contributed by atoms with Crippen LogP contribution in [0.15, 0.2) is 53.6 Å². The van der Waals surface area contributed by atoms with Crippen molar-refractivity contribution < 1.29 is 37.0 Å². The van der Waals surface area contributed by atoms with E-state index in [2.05, 4.69) is 9.82 Å². The minimum absolute atomic E-state index is 0.00397. The number of hydrogen-bond donors (Lipinski definition) is 1. The van der Waals surface area contributed by atoms with E-state index in [1.165, 1.54) is 49.2 Å². The predicted molar refractivity (Wildman–Crippen MR) is 152 cm³/mol. The third-order valence-corrected chi connectivity index (χ3v) is 7.93. The van der Waals surface area contributed by atoms with Crippen molar-refractivity contribution in [3.63, 3.8) is 0 Å². The lowest BCUT2D eigenvalue weighted by Gasteiger charge is -2.17. The zero-order valence-electron chi connectivity index (χ0n) is 22.4. The van der Waals surface area contributed by atoms with Crippen molar-refractivity contribution in [1.29, 1.82) is 0 Å². The van der Waals surface area contributed by atoms with Crippen molar-refractivity contribution in [3.8, 4) is 17.2 Å². The number of rotatable bonds is 10. The molecule has 0 radical (unpaired) electrons. The second-order valence-electron chi connectivity index (χ2n) is 8.55. The van der Waals surface area contributed by atoms with Crippen LogP contribution in [0, 0.1) is 6.92 Å². The molecular weight excluding hydrogens is 597 g/mol. The van der Waals surface area contributed by atoms with E-state index >= 15 is 0 Å². The van der Waals surface area contributed by atoms with Gasteiger partial charge < -0.3 is 18.9 Å². The number of nitrogens with one attached hydrogen (secondary N) is 1. The second kappa shape index (κ2) is 12.2. The van der Waals surface area contributed by atoms with Crippen molar-refractivity contribution in [2.75, 3.05) is 25.5 Å². The quantitative estimate of drug-likeness (QED) is 0.229. The maximum Gasteiger partial charge on any atom is 0.342 e. The summed E-state index contributed by atoms with van der Waals surface area (Å²) in [6.07, 6.45) is 1.51. The molecule has 0 saturated heterocycles. The Kier molecular flexibility index (Phi) is 8.95. The molecule has 0 atom stereocenters. The summed E-state index contributed by atoms with van der Waals surface area (Å²) in [5.41, 5.74) is 0.926. The largest absolute Gasteiger partial charge is 0.493 e. The van der Waals surface area contributed by atoms with E-state index in [0.29, 0.717) is 11.3 Å². The first-order valence-electron chi connectivity index (χ1n) is 12.1. The lowest BCUT2D eigenvalue weighted by molar-refractivity contribution is -0.139. The molecule has 4 aromatic rings. The molecule has 1 N–H and O–H groups in total.